The van der Waals surface area contributed by atoms with E-state index in [2.05, 4.69) is 90.3 Å². The molecule has 0 aliphatic carbocycles. The third kappa shape index (κ3) is 8.05. The molecule has 0 bridgehead atoms. The maximum absolute atomic E-state index is 7.17. The van der Waals surface area contributed by atoms with E-state index in [4.69, 9.17) is 15.2 Å². The molecule has 0 aromatic heterocycles. The number of nitrogens with one attached hydrogen (secondary N) is 2. The zero-order chi connectivity index (χ0) is 33.2. The van der Waals surface area contributed by atoms with Crippen LogP contribution in [0.25, 0.3) is 0 Å². The highest BCUT2D eigenvalue weighted by Gasteiger charge is 2.53. The second-order valence-corrected chi connectivity index (χ2v) is 15.6. The Morgan fingerprint density at radius 3 is 1.96 bits per heavy atom. The Labute approximate surface area is 292 Å². The van der Waals surface area contributed by atoms with Gasteiger partial charge < -0.3 is 20.5 Å². The van der Waals surface area contributed by atoms with Gasteiger partial charge in [0, 0.05) is 49.7 Å². The van der Waals surface area contributed by atoms with Crippen molar-refractivity contribution in [2.24, 2.45) is 5.73 Å². The first kappa shape index (κ1) is 36.0. The van der Waals surface area contributed by atoms with Crippen molar-refractivity contribution in [1.82, 2.24) is 15.8 Å². The van der Waals surface area contributed by atoms with Crippen molar-refractivity contribution in [1.29, 1.82) is 0 Å². The molecule has 2 aromatic carbocycles. The zero-order valence-electron chi connectivity index (χ0n) is 30.2. The summed E-state index contributed by atoms with van der Waals surface area (Å²) in [5.74, 6) is 0.805. The molecule has 4 aliphatic heterocycles. The topological polar surface area (TPSA) is 71.8 Å². The van der Waals surface area contributed by atoms with E-state index in [1.54, 1.807) is 0 Å². The molecular weight excluding hydrogens is 592 g/mol. The van der Waals surface area contributed by atoms with E-state index in [1.807, 2.05) is 0 Å². The summed E-state index contributed by atoms with van der Waals surface area (Å²) in [4.78, 5) is 0. The minimum atomic E-state index is -0.238. The monoisotopic (exact) mass is 659 g/mol. The Morgan fingerprint density at radius 1 is 0.750 bits per heavy atom. The number of hydrogen-bond acceptors (Lipinski definition) is 6. The molecule has 48 heavy (non-hydrogen) atoms. The van der Waals surface area contributed by atoms with E-state index in [0.29, 0.717) is 23.9 Å². The van der Waals surface area contributed by atoms with Crippen LogP contribution in [0.3, 0.4) is 0 Å². The van der Waals surface area contributed by atoms with Crippen molar-refractivity contribution in [3.8, 4) is 0 Å². The minimum Gasteiger partial charge on any atom is -0.373 e. The highest BCUT2D eigenvalue weighted by Crippen LogP contribution is 2.49. The number of hydrogen-bond donors (Lipinski definition) is 3. The van der Waals surface area contributed by atoms with Crippen molar-refractivity contribution in [2.75, 3.05) is 26.3 Å². The first-order chi connectivity index (χ1) is 23.6. The van der Waals surface area contributed by atoms with Crippen LogP contribution in [-0.2, 0) is 9.47 Å². The molecule has 0 radical (unpaired) electrons. The van der Waals surface area contributed by atoms with Gasteiger partial charge in [-0.15, -0.1) is 0 Å². The standard InChI is InChI=1S/C42H66N4O2/c1-3-5-13-25-41(37(21-15-29-47-41)33-17-9-7-10-18-33)39-32-36(23-27-44-39)45-46-28-24-35(43)31-40(46)42(26-14-6-4-2)38(22-16-30-48-42)34-19-11-8-12-20-34/h7-12,17-20,35-40,44-45H,3-6,13-16,21-32,43H2,1-2H3. The number of ether oxygens (including phenoxy) is 2. The highest BCUT2D eigenvalue weighted by molar-refractivity contribution is 5.27. The third-order valence-electron chi connectivity index (χ3n) is 12.5. The molecule has 4 saturated heterocycles. The molecule has 8 unspecified atom stereocenters. The second kappa shape index (κ2) is 17.4. The molecule has 0 saturated carbocycles. The van der Waals surface area contributed by atoms with Gasteiger partial charge in [-0.25, -0.2) is 5.01 Å². The Kier molecular flexibility index (Phi) is 13.1. The maximum Gasteiger partial charge on any atom is 0.0919 e. The predicted molar refractivity (Wildman–Crippen MR) is 198 cm³/mol. The summed E-state index contributed by atoms with van der Waals surface area (Å²) in [5, 5.41) is 6.69. The molecule has 0 spiro atoms. The van der Waals surface area contributed by atoms with Gasteiger partial charge >= 0.3 is 0 Å². The van der Waals surface area contributed by atoms with Crippen LogP contribution in [0, 0.1) is 0 Å². The van der Waals surface area contributed by atoms with Crippen LogP contribution in [0.5, 0.6) is 0 Å². The van der Waals surface area contributed by atoms with Crippen molar-refractivity contribution in [2.45, 2.75) is 164 Å². The van der Waals surface area contributed by atoms with E-state index in [9.17, 15) is 0 Å². The molecule has 4 aliphatic rings. The number of piperidine rings is 2. The Balaban J connectivity index is 1.27. The Morgan fingerprint density at radius 2 is 1.33 bits per heavy atom. The van der Waals surface area contributed by atoms with Crippen molar-refractivity contribution in [3.63, 3.8) is 0 Å². The largest absolute Gasteiger partial charge is 0.373 e. The van der Waals surface area contributed by atoms with Crippen LogP contribution in [0.4, 0.5) is 0 Å². The van der Waals surface area contributed by atoms with Gasteiger partial charge in [-0.05, 0) is 81.9 Å². The smallest absolute Gasteiger partial charge is 0.0919 e. The molecule has 4 N–H and O–H groups in total. The van der Waals surface area contributed by atoms with Crippen molar-refractivity contribution >= 4 is 0 Å². The average Bonchev–Trinajstić information content (AvgIpc) is 3.14. The fourth-order valence-corrected chi connectivity index (χ4v) is 10.1. The summed E-state index contributed by atoms with van der Waals surface area (Å²) in [7, 11) is 0. The molecule has 6 rings (SSSR count). The lowest BCUT2D eigenvalue weighted by atomic mass is 9.68. The lowest BCUT2D eigenvalue weighted by molar-refractivity contribution is -0.170. The molecule has 4 fully saturated rings. The van der Waals surface area contributed by atoms with Crippen LogP contribution in [0.1, 0.15) is 140 Å². The minimum absolute atomic E-state index is 0.176. The van der Waals surface area contributed by atoms with Crippen LogP contribution in [-0.4, -0.2) is 66.7 Å². The quantitative estimate of drug-likeness (QED) is 0.178. The molecule has 2 aromatic rings. The van der Waals surface area contributed by atoms with Gasteiger partial charge in [0.05, 0.1) is 17.2 Å². The number of unbranched alkanes of at least 4 members (excludes halogenated alkanes) is 4. The zero-order valence-corrected chi connectivity index (χ0v) is 30.2. The fraction of sp³-hybridized carbons (Fsp3) is 0.714. The number of rotatable bonds is 14. The van der Waals surface area contributed by atoms with Crippen LogP contribution < -0.4 is 16.5 Å². The van der Waals surface area contributed by atoms with E-state index >= 15 is 0 Å². The Bertz CT molecular complexity index is 1210. The molecule has 6 nitrogen and oxygen atoms in total. The number of nitrogens with zero attached hydrogens (tertiary/aromatic N) is 1. The van der Waals surface area contributed by atoms with Crippen LogP contribution in [0.15, 0.2) is 60.7 Å². The maximum atomic E-state index is 7.17. The van der Waals surface area contributed by atoms with Crippen LogP contribution >= 0.6 is 0 Å². The molecular formula is C42H66N4O2. The summed E-state index contributed by atoms with van der Waals surface area (Å²) >= 11 is 0. The molecule has 6 heteroatoms. The Hall–Kier alpha value is -1.80. The second-order valence-electron chi connectivity index (χ2n) is 15.6. The normalized spacial score (nSPS) is 35.0. The van der Waals surface area contributed by atoms with E-state index in [0.717, 1.165) is 77.7 Å². The van der Waals surface area contributed by atoms with Crippen molar-refractivity contribution < 1.29 is 9.47 Å². The number of nitrogens with two attached hydrogens (primary N) is 1. The van der Waals surface area contributed by atoms with E-state index in [1.165, 1.54) is 62.5 Å². The van der Waals surface area contributed by atoms with Crippen molar-refractivity contribution in [3.05, 3.63) is 71.8 Å². The molecule has 0 amide bonds. The number of hydrazine groups is 1. The van der Waals surface area contributed by atoms with E-state index in [-0.39, 0.29) is 23.3 Å². The predicted octanol–water partition coefficient (Wildman–Crippen LogP) is 8.23. The summed E-state index contributed by atoms with van der Waals surface area (Å²) < 4.78 is 14.2. The molecule has 266 valence electrons. The van der Waals surface area contributed by atoms with Gasteiger partial charge in [-0.2, -0.15) is 0 Å². The summed E-state index contributed by atoms with van der Waals surface area (Å²) in [6.07, 6.45) is 18.5. The SMILES string of the molecule is CCCCCC1(C2CC(NN3CCC(N)CC3C3(CCCCC)OCCCC3c3ccccc3)CCN2)OCCCC1c1ccccc1. The molecule has 8 atom stereocenters. The number of benzene rings is 2. The fourth-order valence-electron chi connectivity index (χ4n) is 10.1. The van der Waals surface area contributed by atoms with Gasteiger partial charge in [0.15, 0.2) is 0 Å². The summed E-state index contributed by atoms with van der Waals surface area (Å²) in [6.45, 7) is 8.35. The van der Waals surface area contributed by atoms with Crippen LogP contribution in [0.2, 0.25) is 0 Å². The van der Waals surface area contributed by atoms with Gasteiger partial charge in [-0.3, -0.25) is 5.43 Å². The average molecular weight is 659 g/mol. The summed E-state index contributed by atoms with van der Waals surface area (Å²) in [5.41, 5.74) is 13.5. The van der Waals surface area contributed by atoms with Gasteiger partial charge in [-0.1, -0.05) is 113 Å². The first-order valence-electron chi connectivity index (χ1n) is 20.0. The summed E-state index contributed by atoms with van der Waals surface area (Å²) in [6, 6.07) is 23.7. The first-order valence-corrected chi connectivity index (χ1v) is 20.0. The van der Waals surface area contributed by atoms with E-state index < -0.39 is 0 Å². The third-order valence-corrected chi connectivity index (χ3v) is 12.5. The highest BCUT2D eigenvalue weighted by atomic mass is 16.5. The lowest BCUT2D eigenvalue weighted by Gasteiger charge is -2.56. The molecule has 4 heterocycles. The van der Waals surface area contributed by atoms with Gasteiger partial charge in [0.2, 0.25) is 0 Å². The lowest BCUT2D eigenvalue weighted by Crippen LogP contribution is -2.68. The van der Waals surface area contributed by atoms with Gasteiger partial charge in [0.1, 0.15) is 0 Å². The van der Waals surface area contributed by atoms with Gasteiger partial charge in [0.25, 0.3) is 0 Å².